The summed E-state index contributed by atoms with van der Waals surface area (Å²) in [6, 6.07) is 15.1. The standard InChI is InChI=1S/C25H25ClN2O6/c1-27(13-17-8-10-21(32-2)22(12-17)33-3)24(30)16-34-25(31)19-9-11-23(29)28(15-19)14-18-6-4-5-7-20(18)26/h4-12,15H,13-14,16H2,1-3H3. The zero-order valence-electron chi connectivity index (χ0n) is 19.1. The largest absolute Gasteiger partial charge is 0.493 e. The number of amides is 1. The van der Waals surface area contributed by atoms with E-state index in [2.05, 4.69) is 0 Å². The summed E-state index contributed by atoms with van der Waals surface area (Å²) >= 11 is 6.17. The van der Waals surface area contributed by atoms with E-state index in [9.17, 15) is 14.4 Å². The van der Waals surface area contributed by atoms with Crippen LogP contribution in [0, 0.1) is 0 Å². The van der Waals surface area contributed by atoms with Crippen LogP contribution in [0.5, 0.6) is 11.5 Å². The number of esters is 1. The van der Waals surface area contributed by atoms with Crippen molar-refractivity contribution in [1.82, 2.24) is 9.47 Å². The summed E-state index contributed by atoms with van der Waals surface area (Å²) < 4.78 is 17.0. The highest BCUT2D eigenvalue weighted by Gasteiger charge is 2.16. The highest BCUT2D eigenvalue weighted by Crippen LogP contribution is 2.28. The minimum Gasteiger partial charge on any atom is -0.493 e. The van der Waals surface area contributed by atoms with E-state index < -0.39 is 12.6 Å². The Balaban J connectivity index is 1.61. The fourth-order valence-corrected chi connectivity index (χ4v) is 3.44. The molecule has 8 nitrogen and oxygen atoms in total. The molecule has 0 spiro atoms. The van der Waals surface area contributed by atoms with E-state index >= 15 is 0 Å². The van der Waals surface area contributed by atoms with Gasteiger partial charge in [-0.1, -0.05) is 35.9 Å². The Morgan fingerprint density at radius 3 is 2.44 bits per heavy atom. The molecule has 0 radical (unpaired) electrons. The van der Waals surface area contributed by atoms with E-state index in [1.54, 1.807) is 44.5 Å². The van der Waals surface area contributed by atoms with E-state index in [1.807, 2.05) is 12.1 Å². The van der Waals surface area contributed by atoms with Crippen molar-refractivity contribution in [3.8, 4) is 11.5 Å². The van der Waals surface area contributed by atoms with Gasteiger partial charge in [0.2, 0.25) is 0 Å². The molecule has 178 valence electrons. The van der Waals surface area contributed by atoms with Crippen molar-refractivity contribution in [2.24, 2.45) is 0 Å². The molecular formula is C25H25ClN2O6. The second kappa shape index (κ2) is 11.4. The summed E-state index contributed by atoms with van der Waals surface area (Å²) in [4.78, 5) is 38.6. The van der Waals surface area contributed by atoms with Gasteiger partial charge < -0.3 is 23.7 Å². The van der Waals surface area contributed by atoms with Gasteiger partial charge in [-0.15, -0.1) is 0 Å². The van der Waals surface area contributed by atoms with Crippen LogP contribution >= 0.6 is 11.6 Å². The Morgan fingerprint density at radius 2 is 1.74 bits per heavy atom. The molecule has 0 unspecified atom stereocenters. The number of likely N-dealkylation sites (N-methyl/N-ethyl adjacent to an activating group) is 1. The molecule has 3 rings (SSSR count). The molecule has 1 aromatic heterocycles. The van der Waals surface area contributed by atoms with Crippen LogP contribution in [0.1, 0.15) is 21.5 Å². The fraction of sp³-hybridized carbons (Fsp3) is 0.240. The minimum atomic E-state index is -0.708. The van der Waals surface area contributed by atoms with Gasteiger partial charge in [0.15, 0.2) is 18.1 Å². The van der Waals surface area contributed by atoms with Gasteiger partial charge in [-0.3, -0.25) is 9.59 Å². The van der Waals surface area contributed by atoms with Crippen molar-refractivity contribution in [1.29, 1.82) is 0 Å². The lowest BCUT2D eigenvalue weighted by Gasteiger charge is -2.18. The molecule has 34 heavy (non-hydrogen) atoms. The molecule has 0 bridgehead atoms. The highest BCUT2D eigenvalue weighted by atomic mass is 35.5. The van der Waals surface area contributed by atoms with Crippen LogP contribution in [0.25, 0.3) is 0 Å². The normalized spacial score (nSPS) is 10.5. The van der Waals surface area contributed by atoms with Gasteiger partial charge >= 0.3 is 5.97 Å². The third-order valence-corrected chi connectivity index (χ3v) is 5.51. The number of pyridine rings is 1. The van der Waals surface area contributed by atoms with Gasteiger partial charge in [-0.25, -0.2) is 4.79 Å². The van der Waals surface area contributed by atoms with E-state index in [1.165, 1.54) is 34.9 Å². The van der Waals surface area contributed by atoms with Crippen molar-refractivity contribution in [2.75, 3.05) is 27.9 Å². The molecular weight excluding hydrogens is 460 g/mol. The number of carbonyl (C=O) groups excluding carboxylic acids is 2. The van der Waals surface area contributed by atoms with Crippen LogP contribution in [-0.4, -0.2) is 49.2 Å². The molecule has 0 fully saturated rings. The Kier molecular flexibility index (Phi) is 8.32. The van der Waals surface area contributed by atoms with Gasteiger partial charge in [0.25, 0.3) is 11.5 Å². The van der Waals surface area contributed by atoms with Crippen LogP contribution < -0.4 is 15.0 Å². The van der Waals surface area contributed by atoms with Crippen LogP contribution in [-0.2, 0) is 22.6 Å². The smallest absolute Gasteiger partial charge is 0.340 e. The maximum absolute atomic E-state index is 12.5. The van der Waals surface area contributed by atoms with Crippen LogP contribution in [0.2, 0.25) is 5.02 Å². The van der Waals surface area contributed by atoms with Crippen LogP contribution in [0.4, 0.5) is 0 Å². The van der Waals surface area contributed by atoms with Crippen molar-refractivity contribution in [2.45, 2.75) is 13.1 Å². The lowest BCUT2D eigenvalue weighted by Crippen LogP contribution is -2.31. The van der Waals surface area contributed by atoms with Gasteiger partial charge in [0, 0.05) is 30.9 Å². The van der Waals surface area contributed by atoms with Gasteiger partial charge in [-0.2, -0.15) is 0 Å². The average Bonchev–Trinajstić information content (AvgIpc) is 2.84. The molecule has 0 aliphatic heterocycles. The maximum Gasteiger partial charge on any atom is 0.340 e. The molecule has 0 atom stereocenters. The molecule has 0 saturated carbocycles. The summed E-state index contributed by atoms with van der Waals surface area (Å²) in [6.45, 7) is 0.0539. The van der Waals surface area contributed by atoms with Gasteiger partial charge in [-0.05, 0) is 35.4 Å². The van der Waals surface area contributed by atoms with E-state index in [0.717, 1.165) is 11.1 Å². The Morgan fingerprint density at radius 1 is 1.00 bits per heavy atom. The SMILES string of the molecule is COc1ccc(CN(C)C(=O)COC(=O)c2ccc(=O)n(Cc3ccccc3Cl)c2)cc1OC. The van der Waals surface area contributed by atoms with E-state index in [4.69, 9.17) is 25.8 Å². The number of methoxy groups -OCH3 is 2. The third-order valence-electron chi connectivity index (χ3n) is 5.14. The third kappa shape index (κ3) is 6.17. The first-order valence-electron chi connectivity index (χ1n) is 10.4. The van der Waals surface area contributed by atoms with Crippen molar-refractivity contribution in [3.05, 3.63) is 92.9 Å². The molecule has 0 aliphatic rings. The topological polar surface area (TPSA) is 87.1 Å². The van der Waals surface area contributed by atoms with Crippen molar-refractivity contribution in [3.63, 3.8) is 0 Å². The van der Waals surface area contributed by atoms with E-state index in [0.29, 0.717) is 23.1 Å². The quantitative estimate of drug-likeness (QED) is 0.433. The predicted octanol–water partition coefficient (Wildman–Crippen LogP) is 3.38. The molecule has 2 aromatic carbocycles. The lowest BCUT2D eigenvalue weighted by molar-refractivity contribution is -0.133. The summed E-state index contributed by atoms with van der Waals surface area (Å²) in [7, 11) is 4.69. The number of benzene rings is 2. The first kappa shape index (κ1) is 24.9. The number of carbonyl (C=O) groups is 2. The molecule has 0 aliphatic carbocycles. The number of rotatable bonds is 9. The fourth-order valence-electron chi connectivity index (χ4n) is 3.25. The predicted molar refractivity (Wildman–Crippen MR) is 128 cm³/mol. The molecule has 0 N–H and O–H groups in total. The maximum atomic E-state index is 12.5. The van der Waals surface area contributed by atoms with Crippen LogP contribution in [0.15, 0.2) is 65.6 Å². The number of halogens is 1. The van der Waals surface area contributed by atoms with Gasteiger partial charge in [0.1, 0.15) is 0 Å². The highest BCUT2D eigenvalue weighted by molar-refractivity contribution is 6.31. The van der Waals surface area contributed by atoms with Gasteiger partial charge in [0.05, 0.1) is 26.3 Å². The minimum absolute atomic E-state index is 0.155. The van der Waals surface area contributed by atoms with Crippen molar-refractivity contribution < 1.29 is 23.8 Å². The summed E-state index contributed by atoms with van der Waals surface area (Å²) in [5.74, 6) is 0.0533. The second-order valence-corrected chi connectivity index (χ2v) is 7.90. The number of ether oxygens (including phenoxy) is 3. The second-order valence-electron chi connectivity index (χ2n) is 7.49. The number of hydrogen-bond donors (Lipinski definition) is 0. The number of hydrogen-bond acceptors (Lipinski definition) is 6. The molecule has 9 heteroatoms. The summed E-state index contributed by atoms with van der Waals surface area (Å²) in [5.41, 5.74) is 1.43. The Hall–Kier alpha value is -3.78. The monoisotopic (exact) mass is 484 g/mol. The van der Waals surface area contributed by atoms with Crippen molar-refractivity contribution >= 4 is 23.5 Å². The number of nitrogens with zero attached hydrogens (tertiary/aromatic N) is 2. The molecule has 0 saturated heterocycles. The number of aromatic nitrogens is 1. The van der Waals surface area contributed by atoms with Crippen LogP contribution in [0.3, 0.4) is 0 Å². The zero-order chi connectivity index (χ0) is 24.7. The Bertz CT molecular complexity index is 1240. The first-order valence-corrected chi connectivity index (χ1v) is 10.8. The zero-order valence-corrected chi connectivity index (χ0v) is 19.9. The summed E-state index contributed by atoms with van der Waals surface area (Å²) in [6.07, 6.45) is 1.39. The molecule has 1 amide bonds. The summed E-state index contributed by atoms with van der Waals surface area (Å²) in [5, 5.41) is 0.519. The average molecular weight is 485 g/mol. The Labute approximate surface area is 202 Å². The lowest BCUT2D eigenvalue weighted by atomic mass is 10.2. The molecule has 3 aromatic rings. The molecule has 1 heterocycles. The first-order chi connectivity index (χ1) is 16.3. The van der Waals surface area contributed by atoms with E-state index in [-0.39, 0.29) is 23.6 Å².